The highest BCUT2D eigenvalue weighted by Crippen LogP contribution is 2.20. The molecular formula is C12H14O5S. The molecule has 5 nitrogen and oxygen atoms in total. The van der Waals surface area contributed by atoms with Crippen LogP contribution in [0.4, 0.5) is 0 Å². The average molecular weight is 270 g/mol. The Hall–Kier alpha value is -1.56. The van der Waals surface area contributed by atoms with Crippen molar-refractivity contribution in [3.05, 3.63) is 29.8 Å². The molecule has 0 amide bonds. The van der Waals surface area contributed by atoms with E-state index in [0.29, 0.717) is 17.7 Å². The van der Waals surface area contributed by atoms with Crippen LogP contribution in [0.5, 0.6) is 5.75 Å². The second kappa shape index (κ2) is 4.97. The van der Waals surface area contributed by atoms with Gasteiger partial charge in [0.2, 0.25) is 0 Å². The third-order valence-corrected chi connectivity index (χ3v) is 4.51. The Balaban J connectivity index is 2.01. The Bertz CT molecular complexity index is 532. The molecule has 1 aliphatic rings. The number of benzene rings is 1. The smallest absolute Gasteiger partial charge is 0.337 e. The number of methoxy groups -OCH3 is 1. The van der Waals surface area contributed by atoms with E-state index in [4.69, 9.17) is 4.74 Å². The highest BCUT2D eigenvalue weighted by Gasteiger charge is 2.29. The summed E-state index contributed by atoms with van der Waals surface area (Å²) in [7, 11) is -1.62. The van der Waals surface area contributed by atoms with Crippen LogP contribution in [0.2, 0.25) is 0 Å². The number of hydrogen-bond acceptors (Lipinski definition) is 5. The molecule has 0 aromatic heterocycles. The minimum absolute atomic E-state index is 0.0613. The Kier molecular flexibility index (Phi) is 3.56. The molecular weight excluding hydrogens is 256 g/mol. The molecule has 0 spiro atoms. The fourth-order valence-electron chi connectivity index (χ4n) is 1.83. The van der Waals surface area contributed by atoms with E-state index in [0.717, 1.165) is 0 Å². The lowest BCUT2D eigenvalue weighted by Crippen LogP contribution is -2.17. The first-order valence-electron chi connectivity index (χ1n) is 5.55. The van der Waals surface area contributed by atoms with Crippen molar-refractivity contribution < 1.29 is 22.7 Å². The fourth-order valence-corrected chi connectivity index (χ4v) is 3.42. The number of ether oxygens (including phenoxy) is 2. The normalized spacial score (nSPS) is 21.5. The third-order valence-electron chi connectivity index (χ3n) is 2.77. The van der Waals surface area contributed by atoms with Crippen molar-refractivity contribution in [2.45, 2.75) is 12.5 Å². The van der Waals surface area contributed by atoms with Crippen LogP contribution in [0.3, 0.4) is 0 Å². The highest BCUT2D eigenvalue weighted by atomic mass is 32.2. The maximum atomic E-state index is 11.3. The molecule has 1 aromatic carbocycles. The second-order valence-corrected chi connectivity index (χ2v) is 6.39. The van der Waals surface area contributed by atoms with Gasteiger partial charge in [0.15, 0.2) is 9.84 Å². The van der Waals surface area contributed by atoms with Crippen molar-refractivity contribution in [1.82, 2.24) is 0 Å². The Labute approximate surface area is 106 Å². The maximum Gasteiger partial charge on any atom is 0.337 e. The summed E-state index contributed by atoms with van der Waals surface area (Å²) in [6.07, 6.45) is 0.222. The summed E-state index contributed by atoms with van der Waals surface area (Å²) in [5.41, 5.74) is 0.434. The van der Waals surface area contributed by atoms with E-state index in [1.165, 1.54) is 7.11 Å². The Morgan fingerprint density at radius 1 is 1.28 bits per heavy atom. The molecule has 0 radical (unpaired) electrons. The lowest BCUT2D eigenvalue weighted by atomic mass is 10.2. The van der Waals surface area contributed by atoms with Crippen molar-refractivity contribution in [1.29, 1.82) is 0 Å². The minimum atomic E-state index is -2.94. The van der Waals surface area contributed by atoms with Crippen LogP contribution in [0.25, 0.3) is 0 Å². The molecule has 0 saturated carbocycles. The zero-order valence-corrected chi connectivity index (χ0v) is 10.8. The first-order chi connectivity index (χ1) is 8.50. The molecule has 2 rings (SSSR count). The molecule has 1 heterocycles. The molecule has 1 atom stereocenters. The lowest BCUT2D eigenvalue weighted by Gasteiger charge is -2.11. The molecule has 1 saturated heterocycles. The van der Waals surface area contributed by atoms with Gasteiger partial charge in [0, 0.05) is 0 Å². The fraction of sp³-hybridized carbons (Fsp3) is 0.417. The van der Waals surface area contributed by atoms with Crippen LogP contribution in [0, 0.1) is 0 Å². The SMILES string of the molecule is COC(=O)c1ccc(OC2CCS(=O)(=O)C2)cc1. The third kappa shape index (κ3) is 3.01. The molecule has 1 aromatic rings. The van der Waals surface area contributed by atoms with Crippen LogP contribution in [0.1, 0.15) is 16.8 Å². The van der Waals surface area contributed by atoms with Crippen LogP contribution in [-0.2, 0) is 14.6 Å². The van der Waals surface area contributed by atoms with Gasteiger partial charge < -0.3 is 9.47 Å². The summed E-state index contributed by atoms with van der Waals surface area (Å²) in [6.45, 7) is 0. The molecule has 0 bridgehead atoms. The number of hydrogen-bond donors (Lipinski definition) is 0. The average Bonchev–Trinajstić information content (AvgIpc) is 2.68. The van der Waals surface area contributed by atoms with E-state index < -0.39 is 15.8 Å². The van der Waals surface area contributed by atoms with Crippen LogP contribution in [0.15, 0.2) is 24.3 Å². The summed E-state index contributed by atoms with van der Waals surface area (Å²) >= 11 is 0. The standard InChI is InChI=1S/C12H14O5S/c1-16-12(13)9-2-4-10(5-3-9)17-11-6-7-18(14,15)8-11/h2-5,11H,6-8H2,1H3. The summed E-state index contributed by atoms with van der Waals surface area (Å²) in [4.78, 5) is 11.2. The number of carbonyl (C=O) groups excluding carboxylic acids is 1. The number of carbonyl (C=O) groups is 1. The predicted octanol–water partition coefficient (Wildman–Crippen LogP) is 1.04. The quantitative estimate of drug-likeness (QED) is 0.767. The maximum absolute atomic E-state index is 11.3. The molecule has 18 heavy (non-hydrogen) atoms. The first kappa shape index (κ1) is 12.9. The molecule has 1 unspecified atom stereocenters. The van der Waals surface area contributed by atoms with Crippen molar-refractivity contribution in [3.8, 4) is 5.75 Å². The molecule has 1 aliphatic heterocycles. The van der Waals surface area contributed by atoms with E-state index in [9.17, 15) is 13.2 Å². The van der Waals surface area contributed by atoms with Gasteiger partial charge in [0.05, 0.1) is 24.2 Å². The molecule has 98 valence electrons. The van der Waals surface area contributed by atoms with E-state index in [2.05, 4.69) is 4.74 Å². The number of rotatable bonds is 3. The van der Waals surface area contributed by atoms with E-state index in [1.54, 1.807) is 24.3 Å². The summed E-state index contributed by atoms with van der Waals surface area (Å²) < 4.78 is 32.7. The lowest BCUT2D eigenvalue weighted by molar-refractivity contribution is 0.0600. The topological polar surface area (TPSA) is 69.7 Å². The van der Waals surface area contributed by atoms with Crippen molar-refractivity contribution >= 4 is 15.8 Å². The molecule has 0 N–H and O–H groups in total. The van der Waals surface area contributed by atoms with Gasteiger partial charge in [0.25, 0.3) is 0 Å². The van der Waals surface area contributed by atoms with E-state index in [1.807, 2.05) is 0 Å². The zero-order chi connectivity index (χ0) is 13.2. The second-order valence-electron chi connectivity index (χ2n) is 4.16. The number of sulfone groups is 1. The monoisotopic (exact) mass is 270 g/mol. The van der Waals surface area contributed by atoms with Crippen molar-refractivity contribution in [2.75, 3.05) is 18.6 Å². The zero-order valence-electron chi connectivity index (χ0n) is 9.96. The van der Waals surface area contributed by atoms with Gasteiger partial charge in [-0.25, -0.2) is 13.2 Å². The van der Waals surface area contributed by atoms with Crippen LogP contribution in [-0.4, -0.2) is 39.1 Å². The number of esters is 1. The Morgan fingerprint density at radius 3 is 2.44 bits per heavy atom. The van der Waals surface area contributed by atoms with Crippen molar-refractivity contribution in [2.24, 2.45) is 0 Å². The van der Waals surface area contributed by atoms with Gasteiger partial charge in [-0.15, -0.1) is 0 Å². The van der Waals surface area contributed by atoms with Gasteiger partial charge in [-0.05, 0) is 30.7 Å². The molecule has 6 heteroatoms. The first-order valence-corrected chi connectivity index (χ1v) is 7.38. The highest BCUT2D eigenvalue weighted by molar-refractivity contribution is 7.91. The van der Waals surface area contributed by atoms with E-state index in [-0.39, 0.29) is 17.6 Å². The summed E-state index contributed by atoms with van der Waals surface area (Å²) in [5.74, 6) is 0.388. The summed E-state index contributed by atoms with van der Waals surface area (Å²) in [5, 5.41) is 0. The van der Waals surface area contributed by atoms with Gasteiger partial charge in [-0.3, -0.25) is 0 Å². The van der Waals surface area contributed by atoms with E-state index >= 15 is 0 Å². The van der Waals surface area contributed by atoms with Gasteiger partial charge >= 0.3 is 5.97 Å². The van der Waals surface area contributed by atoms with Gasteiger partial charge in [-0.1, -0.05) is 0 Å². The van der Waals surface area contributed by atoms with Crippen LogP contribution < -0.4 is 4.74 Å². The van der Waals surface area contributed by atoms with Gasteiger partial charge in [0.1, 0.15) is 11.9 Å². The largest absolute Gasteiger partial charge is 0.489 e. The van der Waals surface area contributed by atoms with Gasteiger partial charge in [-0.2, -0.15) is 0 Å². The van der Waals surface area contributed by atoms with Crippen molar-refractivity contribution in [3.63, 3.8) is 0 Å². The summed E-state index contributed by atoms with van der Waals surface area (Å²) in [6, 6.07) is 6.45. The Morgan fingerprint density at radius 2 is 1.94 bits per heavy atom. The van der Waals surface area contributed by atoms with Crippen LogP contribution >= 0.6 is 0 Å². The predicted molar refractivity (Wildman–Crippen MR) is 65.5 cm³/mol. The molecule has 1 fully saturated rings. The molecule has 0 aliphatic carbocycles. The minimum Gasteiger partial charge on any atom is -0.489 e.